The molecule has 0 radical (unpaired) electrons. The zero-order valence-electron chi connectivity index (χ0n) is 12.1. The number of ketones is 1. The summed E-state index contributed by atoms with van der Waals surface area (Å²) in [5.41, 5.74) is 0.710. The Morgan fingerprint density at radius 2 is 1.73 bits per heavy atom. The molecule has 22 heavy (non-hydrogen) atoms. The maximum atomic E-state index is 12.7. The maximum Gasteiger partial charge on any atom is 0.409 e. The molecule has 0 aliphatic rings. The van der Waals surface area contributed by atoms with Crippen LogP contribution in [0.5, 0.6) is 11.5 Å². The van der Waals surface area contributed by atoms with Gasteiger partial charge in [-0.1, -0.05) is 12.1 Å². The molecule has 1 amide bonds. The Kier molecular flexibility index (Phi) is 4.63. The smallest absolute Gasteiger partial charge is 0.409 e. The van der Waals surface area contributed by atoms with Gasteiger partial charge in [0, 0.05) is 0 Å². The zero-order chi connectivity index (χ0) is 16.1. The summed E-state index contributed by atoms with van der Waals surface area (Å²) in [6.45, 7) is 0. The van der Waals surface area contributed by atoms with E-state index in [0.29, 0.717) is 17.1 Å². The third-order valence-electron chi connectivity index (χ3n) is 3.06. The van der Waals surface area contributed by atoms with E-state index in [4.69, 9.17) is 14.6 Å². The van der Waals surface area contributed by atoms with Crippen LogP contribution in [-0.2, 0) is 0 Å². The first-order valence-electron chi connectivity index (χ1n) is 6.42. The van der Waals surface area contributed by atoms with E-state index in [1.165, 1.54) is 26.4 Å². The maximum absolute atomic E-state index is 12.7. The first-order valence-corrected chi connectivity index (χ1v) is 6.42. The minimum absolute atomic E-state index is 0.184. The number of para-hydroxylation sites is 1. The molecule has 6 nitrogen and oxygen atoms in total. The quantitative estimate of drug-likeness (QED) is 0.829. The van der Waals surface area contributed by atoms with Crippen molar-refractivity contribution in [2.45, 2.75) is 0 Å². The van der Waals surface area contributed by atoms with Crippen LogP contribution >= 0.6 is 0 Å². The van der Waals surface area contributed by atoms with Crippen molar-refractivity contribution in [3.63, 3.8) is 0 Å². The average molecular weight is 301 g/mol. The monoisotopic (exact) mass is 301 g/mol. The van der Waals surface area contributed by atoms with Crippen LogP contribution in [0.4, 0.5) is 10.5 Å². The van der Waals surface area contributed by atoms with Gasteiger partial charge in [-0.05, 0) is 30.3 Å². The topological polar surface area (TPSA) is 84.9 Å². The lowest BCUT2D eigenvalue weighted by atomic mass is 10.0. The van der Waals surface area contributed by atoms with E-state index in [0.717, 1.165) is 0 Å². The fourth-order valence-corrected chi connectivity index (χ4v) is 2.04. The van der Waals surface area contributed by atoms with Crippen LogP contribution in [0.25, 0.3) is 0 Å². The number of amides is 1. The van der Waals surface area contributed by atoms with E-state index in [1.54, 1.807) is 30.3 Å². The molecule has 0 bridgehead atoms. The SMILES string of the molecule is COc1ccc(NC(=O)O)c(C(=O)c2ccccc2OC)c1. The van der Waals surface area contributed by atoms with Gasteiger partial charge in [0.15, 0.2) is 5.78 Å². The Labute approximate surface area is 127 Å². The van der Waals surface area contributed by atoms with Gasteiger partial charge in [0.25, 0.3) is 0 Å². The lowest BCUT2D eigenvalue weighted by Gasteiger charge is -2.12. The summed E-state index contributed by atoms with van der Waals surface area (Å²) in [5, 5.41) is 11.1. The lowest BCUT2D eigenvalue weighted by Crippen LogP contribution is -2.13. The minimum atomic E-state index is -1.25. The van der Waals surface area contributed by atoms with Crippen LogP contribution in [0.1, 0.15) is 15.9 Å². The minimum Gasteiger partial charge on any atom is -0.497 e. The van der Waals surface area contributed by atoms with Gasteiger partial charge in [-0.15, -0.1) is 0 Å². The zero-order valence-corrected chi connectivity index (χ0v) is 12.1. The molecule has 6 heteroatoms. The van der Waals surface area contributed by atoms with Crippen LogP contribution in [-0.4, -0.2) is 31.2 Å². The Morgan fingerprint density at radius 1 is 1.00 bits per heavy atom. The molecule has 0 aliphatic carbocycles. The lowest BCUT2D eigenvalue weighted by molar-refractivity contribution is 0.103. The second-order valence-corrected chi connectivity index (χ2v) is 4.37. The van der Waals surface area contributed by atoms with E-state index in [9.17, 15) is 9.59 Å². The number of carboxylic acid groups (broad SMARTS) is 1. The molecule has 0 unspecified atom stereocenters. The van der Waals surface area contributed by atoms with Crippen molar-refractivity contribution in [3.8, 4) is 11.5 Å². The van der Waals surface area contributed by atoms with Crippen molar-refractivity contribution >= 4 is 17.6 Å². The van der Waals surface area contributed by atoms with Gasteiger partial charge in [0.2, 0.25) is 0 Å². The number of nitrogens with one attached hydrogen (secondary N) is 1. The number of carbonyl (C=O) groups is 2. The molecule has 114 valence electrons. The Hall–Kier alpha value is -3.02. The van der Waals surface area contributed by atoms with E-state index in [2.05, 4.69) is 5.32 Å². The number of ether oxygens (including phenoxy) is 2. The standard InChI is InChI=1S/C16H15NO5/c1-21-10-7-8-13(17-16(19)20)12(9-10)15(18)11-5-3-4-6-14(11)22-2/h3-9,17H,1-2H3,(H,19,20). The van der Waals surface area contributed by atoms with Crippen LogP contribution in [0.3, 0.4) is 0 Å². The molecule has 0 spiro atoms. The molecule has 0 fully saturated rings. The Bertz CT molecular complexity index is 711. The van der Waals surface area contributed by atoms with Crippen LogP contribution in [0.15, 0.2) is 42.5 Å². The Balaban J connectivity index is 2.53. The summed E-state index contributed by atoms with van der Waals surface area (Å²) in [6.07, 6.45) is -1.25. The van der Waals surface area contributed by atoms with E-state index < -0.39 is 6.09 Å². The van der Waals surface area contributed by atoms with Gasteiger partial charge in [0.1, 0.15) is 11.5 Å². The van der Waals surface area contributed by atoms with Crippen molar-refractivity contribution < 1.29 is 24.2 Å². The summed E-state index contributed by atoms with van der Waals surface area (Å²) < 4.78 is 10.3. The van der Waals surface area contributed by atoms with E-state index in [1.807, 2.05) is 0 Å². The van der Waals surface area contributed by atoms with Crippen LogP contribution in [0, 0.1) is 0 Å². The first-order chi connectivity index (χ1) is 10.6. The number of rotatable bonds is 5. The first kappa shape index (κ1) is 15.4. The third kappa shape index (κ3) is 3.17. The van der Waals surface area contributed by atoms with Crippen LogP contribution in [0.2, 0.25) is 0 Å². The molecule has 2 rings (SSSR count). The molecule has 0 aromatic heterocycles. The largest absolute Gasteiger partial charge is 0.497 e. The molecule has 0 aliphatic heterocycles. The number of benzene rings is 2. The van der Waals surface area contributed by atoms with Gasteiger partial charge in [-0.3, -0.25) is 10.1 Å². The third-order valence-corrected chi connectivity index (χ3v) is 3.06. The predicted molar refractivity (Wildman–Crippen MR) is 81.1 cm³/mol. The summed E-state index contributed by atoms with van der Waals surface area (Å²) in [4.78, 5) is 23.6. The highest BCUT2D eigenvalue weighted by atomic mass is 16.5. The highest BCUT2D eigenvalue weighted by molar-refractivity contribution is 6.15. The second kappa shape index (κ2) is 6.62. The molecular weight excluding hydrogens is 286 g/mol. The van der Waals surface area contributed by atoms with Crippen molar-refractivity contribution in [3.05, 3.63) is 53.6 Å². The van der Waals surface area contributed by atoms with Crippen molar-refractivity contribution in [1.29, 1.82) is 0 Å². The highest BCUT2D eigenvalue weighted by Crippen LogP contribution is 2.28. The van der Waals surface area contributed by atoms with Gasteiger partial charge in [0.05, 0.1) is 31.0 Å². The Morgan fingerprint density at radius 3 is 2.36 bits per heavy atom. The fourth-order valence-electron chi connectivity index (χ4n) is 2.04. The number of anilines is 1. The molecule has 2 N–H and O–H groups in total. The summed E-state index contributed by atoms with van der Waals surface area (Å²) >= 11 is 0. The summed E-state index contributed by atoms with van der Waals surface area (Å²) in [5.74, 6) is 0.505. The molecule has 2 aromatic rings. The number of hydrogen-bond acceptors (Lipinski definition) is 4. The normalized spacial score (nSPS) is 9.91. The molecule has 2 aromatic carbocycles. The average Bonchev–Trinajstić information content (AvgIpc) is 2.54. The van der Waals surface area contributed by atoms with Gasteiger partial charge >= 0.3 is 6.09 Å². The molecule has 0 saturated heterocycles. The summed E-state index contributed by atoms with van der Waals surface area (Å²) in [6, 6.07) is 11.3. The van der Waals surface area contributed by atoms with Gasteiger partial charge < -0.3 is 14.6 Å². The predicted octanol–water partition coefficient (Wildman–Crippen LogP) is 3.02. The molecule has 0 saturated carbocycles. The van der Waals surface area contributed by atoms with Crippen LogP contribution < -0.4 is 14.8 Å². The van der Waals surface area contributed by atoms with Crippen molar-refractivity contribution in [2.24, 2.45) is 0 Å². The number of hydrogen-bond donors (Lipinski definition) is 2. The number of methoxy groups -OCH3 is 2. The van der Waals surface area contributed by atoms with Gasteiger partial charge in [-0.25, -0.2) is 4.79 Å². The van der Waals surface area contributed by atoms with Crippen molar-refractivity contribution in [2.75, 3.05) is 19.5 Å². The van der Waals surface area contributed by atoms with Gasteiger partial charge in [-0.2, -0.15) is 0 Å². The van der Waals surface area contributed by atoms with E-state index in [-0.39, 0.29) is 17.0 Å². The summed E-state index contributed by atoms with van der Waals surface area (Å²) in [7, 11) is 2.94. The fraction of sp³-hybridized carbons (Fsp3) is 0.125. The number of carbonyl (C=O) groups excluding carboxylic acids is 1. The molecule has 0 heterocycles. The van der Waals surface area contributed by atoms with Crippen molar-refractivity contribution in [1.82, 2.24) is 0 Å². The van der Waals surface area contributed by atoms with E-state index >= 15 is 0 Å². The molecular formula is C16H15NO5. The highest BCUT2D eigenvalue weighted by Gasteiger charge is 2.19. The second-order valence-electron chi connectivity index (χ2n) is 4.37. The molecule has 0 atom stereocenters.